The number of nitrogens with one attached hydrogen (secondary N) is 3. The number of halogens is 1. The van der Waals surface area contributed by atoms with E-state index in [-0.39, 0.29) is 23.9 Å². The molecule has 0 atom stereocenters. The monoisotopic (exact) mass is 487 g/mol. The first-order valence-corrected chi connectivity index (χ1v) is 11.4. The van der Waals surface area contributed by atoms with Crippen LogP contribution in [0, 0.1) is 5.92 Å². The molecule has 0 aromatic heterocycles. The smallest absolute Gasteiger partial charge is 0.253 e. The van der Waals surface area contributed by atoms with Crippen molar-refractivity contribution in [1.82, 2.24) is 10.6 Å². The van der Waals surface area contributed by atoms with E-state index in [9.17, 15) is 9.59 Å². The normalized spacial score (nSPS) is 15.5. The summed E-state index contributed by atoms with van der Waals surface area (Å²) >= 11 is 3.54. The Labute approximate surface area is 192 Å². The van der Waals surface area contributed by atoms with E-state index in [0.717, 1.165) is 22.9 Å². The Hall–Kier alpha value is -2.22. The fraction of sp³-hybridized carbons (Fsp3) is 0.417. The first kappa shape index (κ1) is 23.4. The van der Waals surface area contributed by atoms with Crippen LogP contribution in [0.5, 0.6) is 0 Å². The number of anilines is 1. The molecule has 1 fully saturated rings. The lowest BCUT2D eigenvalue weighted by Gasteiger charge is -2.38. The van der Waals surface area contributed by atoms with Crippen LogP contribution in [-0.2, 0) is 15.1 Å². The molecule has 0 spiro atoms. The second kappa shape index (κ2) is 10.9. The van der Waals surface area contributed by atoms with E-state index < -0.39 is 0 Å². The fourth-order valence-corrected chi connectivity index (χ4v) is 4.10. The Kier molecular flexibility index (Phi) is 8.23. The lowest BCUT2D eigenvalue weighted by atomic mass is 9.82. The maximum Gasteiger partial charge on any atom is 0.253 e. The fourth-order valence-electron chi connectivity index (χ4n) is 3.70. The summed E-state index contributed by atoms with van der Waals surface area (Å²) in [6.45, 7) is 6.07. The number of carbonyl (C=O) groups excluding carboxylic acids is 2. The van der Waals surface area contributed by atoms with Gasteiger partial charge in [0.05, 0.1) is 17.8 Å². The van der Waals surface area contributed by atoms with Crippen LogP contribution >= 0.6 is 15.9 Å². The van der Waals surface area contributed by atoms with E-state index in [1.165, 1.54) is 0 Å². The molecule has 0 unspecified atom stereocenters. The molecule has 31 heavy (non-hydrogen) atoms. The molecule has 3 N–H and O–H groups in total. The van der Waals surface area contributed by atoms with Crippen molar-refractivity contribution in [3.8, 4) is 0 Å². The second-order valence-electron chi connectivity index (χ2n) is 8.26. The Morgan fingerprint density at radius 3 is 2.55 bits per heavy atom. The van der Waals surface area contributed by atoms with E-state index in [1.54, 1.807) is 18.2 Å². The highest BCUT2D eigenvalue weighted by molar-refractivity contribution is 9.10. The summed E-state index contributed by atoms with van der Waals surface area (Å²) in [7, 11) is 0. The lowest BCUT2D eigenvalue weighted by molar-refractivity contribution is -0.116. The quantitative estimate of drug-likeness (QED) is 0.524. The van der Waals surface area contributed by atoms with Crippen molar-refractivity contribution >= 4 is 33.4 Å². The van der Waals surface area contributed by atoms with Crippen molar-refractivity contribution in [2.24, 2.45) is 5.92 Å². The Morgan fingerprint density at radius 1 is 1.10 bits per heavy atom. The van der Waals surface area contributed by atoms with Crippen molar-refractivity contribution < 1.29 is 14.3 Å². The first-order valence-electron chi connectivity index (χ1n) is 10.7. The van der Waals surface area contributed by atoms with Crippen molar-refractivity contribution in [1.29, 1.82) is 0 Å². The Bertz CT molecular complexity index is 910. The molecular formula is C24H30BrN3O3. The van der Waals surface area contributed by atoms with Gasteiger partial charge in [0.25, 0.3) is 5.91 Å². The maximum absolute atomic E-state index is 12.8. The van der Waals surface area contributed by atoms with E-state index >= 15 is 0 Å². The van der Waals surface area contributed by atoms with Gasteiger partial charge in [-0.05, 0) is 48.6 Å². The van der Waals surface area contributed by atoms with E-state index in [1.807, 2.05) is 32.0 Å². The number of amides is 2. The highest BCUT2D eigenvalue weighted by Gasteiger charge is 2.34. The summed E-state index contributed by atoms with van der Waals surface area (Å²) in [5.74, 6) is -0.0267. The summed E-state index contributed by atoms with van der Waals surface area (Å²) in [6.07, 6.45) is 1.57. The molecule has 3 rings (SSSR count). The van der Waals surface area contributed by atoms with Gasteiger partial charge in [0.1, 0.15) is 0 Å². The van der Waals surface area contributed by atoms with Crippen LogP contribution in [0.3, 0.4) is 0 Å². The maximum atomic E-state index is 12.8. The van der Waals surface area contributed by atoms with Gasteiger partial charge in [0, 0.05) is 29.8 Å². The molecule has 1 heterocycles. The molecular weight excluding hydrogens is 458 g/mol. The molecule has 2 aromatic rings. The largest absolute Gasteiger partial charge is 0.381 e. The molecule has 1 aliphatic heterocycles. The number of hydrogen-bond acceptors (Lipinski definition) is 4. The highest BCUT2D eigenvalue weighted by Crippen LogP contribution is 2.33. The van der Waals surface area contributed by atoms with Crippen molar-refractivity contribution in [3.05, 3.63) is 64.1 Å². The summed E-state index contributed by atoms with van der Waals surface area (Å²) in [6, 6.07) is 15.2. The third-order valence-corrected chi connectivity index (χ3v) is 5.92. The number of hydrogen-bond donors (Lipinski definition) is 3. The molecule has 6 nitrogen and oxygen atoms in total. The SMILES string of the molecule is CC(C)CNC(=O)c1ccccc1NC(=O)CNC1(c2cccc(Br)c2)CCOCC1. The molecule has 0 radical (unpaired) electrons. The molecule has 0 saturated carbocycles. The molecule has 0 bridgehead atoms. The average molecular weight is 488 g/mol. The summed E-state index contributed by atoms with van der Waals surface area (Å²) in [5.41, 5.74) is 1.78. The number of rotatable bonds is 8. The highest BCUT2D eigenvalue weighted by atomic mass is 79.9. The van der Waals surface area contributed by atoms with Crippen LogP contribution in [0.4, 0.5) is 5.69 Å². The van der Waals surface area contributed by atoms with Crippen LogP contribution in [0.15, 0.2) is 53.0 Å². The van der Waals surface area contributed by atoms with Crippen molar-refractivity contribution in [3.63, 3.8) is 0 Å². The molecule has 166 valence electrons. The minimum absolute atomic E-state index is 0.133. The Balaban J connectivity index is 1.68. The van der Waals surface area contributed by atoms with Gasteiger partial charge in [0.2, 0.25) is 5.91 Å². The van der Waals surface area contributed by atoms with Crippen molar-refractivity contribution in [2.45, 2.75) is 32.2 Å². The predicted octanol–water partition coefficient (Wildman–Crippen LogP) is 4.07. The zero-order valence-electron chi connectivity index (χ0n) is 18.0. The third kappa shape index (κ3) is 6.38. The summed E-state index contributed by atoms with van der Waals surface area (Å²) in [5, 5.41) is 9.27. The summed E-state index contributed by atoms with van der Waals surface area (Å²) in [4.78, 5) is 25.3. The molecule has 2 aromatic carbocycles. The van der Waals surface area contributed by atoms with Crippen LogP contribution in [-0.4, -0.2) is 38.1 Å². The van der Waals surface area contributed by atoms with Gasteiger partial charge >= 0.3 is 0 Å². The molecule has 1 saturated heterocycles. The first-order chi connectivity index (χ1) is 14.9. The van der Waals surface area contributed by atoms with E-state index in [2.05, 4.69) is 44.0 Å². The van der Waals surface area contributed by atoms with Crippen LogP contribution in [0.1, 0.15) is 42.6 Å². The predicted molar refractivity (Wildman–Crippen MR) is 126 cm³/mol. The number of carbonyl (C=O) groups is 2. The van der Waals surface area contributed by atoms with Gasteiger partial charge in [-0.3, -0.25) is 14.9 Å². The average Bonchev–Trinajstić information content (AvgIpc) is 2.77. The number of para-hydroxylation sites is 1. The minimum Gasteiger partial charge on any atom is -0.381 e. The number of benzene rings is 2. The molecule has 0 aliphatic carbocycles. The van der Waals surface area contributed by atoms with Gasteiger partial charge in [-0.1, -0.05) is 54.0 Å². The molecule has 2 amide bonds. The zero-order chi connectivity index (χ0) is 22.3. The van der Waals surface area contributed by atoms with Crippen LogP contribution < -0.4 is 16.0 Å². The van der Waals surface area contributed by atoms with Crippen LogP contribution in [0.2, 0.25) is 0 Å². The van der Waals surface area contributed by atoms with Gasteiger partial charge < -0.3 is 15.4 Å². The summed E-state index contributed by atoms with van der Waals surface area (Å²) < 4.78 is 6.57. The topological polar surface area (TPSA) is 79.5 Å². The standard InChI is InChI=1S/C24H30BrN3O3/c1-17(2)15-26-23(30)20-8-3-4-9-21(20)28-22(29)16-27-24(10-12-31-13-11-24)18-6-5-7-19(25)14-18/h3-9,14,17,27H,10-13,15-16H2,1-2H3,(H,26,30)(H,28,29). The van der Waals surface area contributed by atoms with Gasteiger partial charge in [-0.25, -0.2) is 0 Å². The van der Waals surface area contributed by atoms with E-state index in [4.69, 9.17) is 4.74 Å². The van der Waals surface area contributed by atoms with Gasteiger partial charge in [0.15, 0.2) is 0 Å². The van der Waals surface area contributed by atoms with Gasteiger partial charge in [-0.15, -0.1) is 0 Å². The molecule has 7 heteroatoms. The minimum atomic E-state index is -0.326. The molecule has 1 aliphatic rings. The second-order valence-corrected chi connectivity index (χ2v) is 9.17. The zero-order valence-corrected chi connectivity index (χ0v) is 19.6. The lowest BCUT2D eigenvalue weighted by Crippen LogP contribution is -2.49. The van der Waals surface area contributed by atoms with E-state index in [0.29, 0.717) is 36.9 Å². The van der Waals surface area contributed by atoms with Crippen molar-refractivity contribution in [2.75, 3.05) is 31.6 Å². The van der Waals surface area contributed by atoms with Gasteiger partial charge in [-0.2, -0.15) is 0 Å². The third-order valence-electron chi connectivity index (χ3n) is 5.43. The Morgan fingerprint density at radius 2 is 1.84 bits per heavy atom. The van der Waals surface area contributed by atoms with Crippen LogP contribution in [0.25, 0.3) is 0 Å². The number of ether oxygens (including phenoxy) is 1.